The van der Waals surface area contributed by atoms with E-state index in [1.807, 2.05) is 13.8 Å². The molecule has 2 aliphatic heterocycles. The molecular formula is C10H15ClN2O2S. The van der Waals surface area contributed by atoms with Crippen molar-refractivity contribution < 1.29 is 9.53 Å². The van der Waals surface area contributed by atoms with Crippen molar-refractivity contribution >= 4 is 35.3 Å². The maximum atomic E-state index is 11.6. The zero-order chi connectivity index (χ0) is 10.8. The summed E-state index contributed by atoms with van der Waals surface area (Å²) in [7, 11) is 0. The fourth-order valence-corrected chi connectivity index (χ4v) is 2.73. The molecule has 0 atom stereocenters. The molecule has 0 saturated heterocycles. The molecule has 6 heteroatoms. The van der Waals surface area contributed by atoms with Gasteiger partial charge in [-0.15, -0.1) is 12.4 Å². The van der Waals surface area contributed by atoms with E-state index in [0.717, 1.165) is 30.4 Å². The van der Waals surface area contributed by atoms with E-state index >= 15 is 0 Å². The van der Waals surface area contributed by atoms with E-state index in [4.69, 9.17) is 4.74 Å². The van der Waals surface area contributed by atoms with E-state index in [9.17, 15) is 4.79 Å². The molecule has 2 rings (SSSR count). The average Bonchev–Trinajstić information content (AvgIpc) is 2.57. The first-order valence-electron chi connectivity index (χ1n) is 5.12. The minimum atomic E-state index is -0.225. The molecule has 0 aromatic carbocycles. The topological polar surface area (TPSA) is 41.9 Å². The summed E-state index contributed by atoms with van der Waals surface area (Å²) >= 11 is 1.43. The van der Waals surface area contributed by atoms with Crippen LogP contribution in [-0.2, 0) is 9.53 Å². The lowest BCUT2D eigenvalue weighted by atomic mass is 10.3. The molecule has 2 aliphatic rings. The Morgan fingerprint density at radius 3 is 3.00 bits per heavy atom. The van der Waals surface area contributed by atoms with Crippen molar-refractivity contribution in [1.82, 2.24) is 4.90 Å². The number of hydrogen-bond acceptors (Lipinski definition) is 5. The molecule has 0 aromatic heterocycles. The lowest BCUT2D eigenvalue weighted by Crippen LogP contribution is -2.28. The Kier molecular flexibility index (Phi) is 4.68. The number of halogens is 1. The highest BCUT2D eigenvalue weighted by Crippen LogP contribution is 2.36. The van der Waals surface area contributed by atoms with Crippen LogP contribution in [0.15, 0.2) is 15.6 Å². The van der Waals surface area contributed by atoms with Crippen LogP contribution in [0.25, 0.3) is 0 Å². The molecular weight excluding hydrogens is 248 g/mol. The van der Waals surface area contributed by atoms with E-state index in [0.29, 0.717) is 11.5 Å². The first kappa shape index (κ1) is 13.4. The van der Waals surface area contributed by atoms with Gasteiger partial charge in [-0.2, -0.15) is 0 Å². The van der Waals surface area contributed by atoms with Crippen LogP contribution in [0.2, 0.25) is 0 Å². The van der Waals surface area contributed by atoms with Crippen LogP contribution >= 0.6 is 24.2 Å². The highest BCUT2D eigenvalue weighted by molar-refractivity contribution is 8.18. The van der Waals surface area contributed by atoms with Gasteiger partial charge in [-0.25, -0.2) is 4.79 Å². The summed E-state index contributed by atoms with van der Waals surface area (Å²) in [6, 6.07) is 0. The van der Waals surface area contributed by atoms with Gasteiger partial charge in [-0.3, -0.25) is 4.99 Å². The van der Waals surface area contributed by atoms with E-state index in [-0.39, 0.29) is 18.4 Å². The number of esters is 1. The molecule has 0 amide bonds. The Labute approximate surface area is 106 Å². The van der Waals surface area contributed by atoms with E-state index < -0.39 is 0 Å². The Hall–Kier alpha value is -0.680. The van der Waals surface area contributed by atoms with Gasteiger partial charge in [0.05, 0.1) is 6.61 Å². The smallest absolute Gasteiger partial charge is 0.346 e. The van der Waals surface area contributed by atoms with Gasteiger partial charge in [-0.1, -0.05) is 0 Å². The van der Waals surface area contributed by atoms with Crippen LogP contribution in [0.1, 0.15) is 20.3 Å². The van der Waals surface area contributed by atoms with E-state index in [1.165, 1.54) is 11.8 Å². The number of fused-ring (bicyclic) bond motifs is 1. The van der Waals surface area contributed by atoms with Gasteiger partial charge in [0.15, 0.2) is 5.17 Å². The van der Waals surface area contributed by atoms with Crippen molar-refractivity contribution in [2.75, 3.05) is 19.7 Å². The number of rotatable bonds is 2. The van der Waals surface area contributed by atoms with Crippen molar-refractivity contribution in [3.05, 3.63) is 10.6 Å². The highest BCUT2D eigenvalue weighted by Gasteiger charge is 2.32. The number of amidine groups is 1. The van der Waals surface area contributed by atoms with Crippen LogP contribution in [-0.4, -0.2) is 35.7 Å². The van der Waals surface area contributed by atoms with Gasteiger partial charge in [0.25, 0.3) is 0 Å². The number of aliphatic imine (C=N–C) groups is 1. The zero-order valence-corrected chi connectivity index (χ0v) is 11.0. The van der Waals surface area contributed by atoms with Gasteiger partial charge in [-0.05, 0) is 32.0 Å². The maximum absolute atomic E-state index is 11.6. The molecule has 0 fully saturated rings. The van der Waals surface area contributed by atoms with E-state index in [1.54, 1.807) is 0 Å². The SMILES string of the molecule is CCOC(=O)C1=C(C)N2CCCN=C2S1.Cl. The molecule has 0 N–H and O–H groups in total. The van der Waals surface area contributed by atoms with Crippen molar-refractivity contribution in [2.45, 2.75) is 20.3 Å². The normalized spacial score (nSPS) is 18.9. The van der Waals surface area contributed by atoms with E-state index in [2.05, 4.69) is 9.89 Å². The van der Waals surface area contributed by atoms with Crippen molar-refractivity contribution in [3.8, 4) is 0 Å². The Morgan fingerprint density at radius 1 is 1.62 bits per heavy atom. The molecule has 90 valence electrons. The largest absolute Gasteiger partial charge is 0.462 e. The number of thioether (sulfide) groups is 1. The number of nitrogens with zero attached hydrogens (tertiary/aromatic N) is 2. The minimum absolute atomic E-state index is 0. The molecule has 0 radical (unpaired) electrons. The van der Waals surface area contributed by atoms with Crippen LogP contribution in [0.3, 0.4) is 0 Å². The summed E-state index contributed by atoms with van der Waals surface area (Å²) in [5.74, 6) is -0.225. The zero-order valence-electron chi connectivity index (χ0n) is 9.36. The lowest BCUT2D eigenvalue weighted by Gasteiger charge is -2.23. The van der Waals surface area contributed by atoms with Crippen LogP contribution in [0.4, 0.5) is 0 Å². The molecule has 0 unspecified atom stereocenters. The van der Waals surface area contributed by atoms with Crippen molar-refractivity contribution in [3.63, 3.8) is 0 Å². The molecule has 0 aromatic rings. The Balaban J connectivity index is 0.00000128. The maximum Gasteiger partial charge on any atom is 0.346 e. The Bertz CT molecular complexity index is 355. The first-order chi connectivity index (χ1) is 7.24. The van der Waals surface area contributed by atoms with Crippen molar-refractivity contribution in [2.24, 2.45) is 4.99 Å². The third-order valence-corrected chi connectivity index (χ3v) is 3.60. The molecule has 0 saturated carbocycles. The Morgan fingerprint density at radius 2 is 2.38 bits per heavy atom. The lowest BCUT2D eigenvalue weighted by molar-refractivity contribution is -0.137. The van der Waals surface area contributed by atoms with Crippen LogP contribution in [0, 0.1) is 0 Å². The predicted molar refractivity (Wildman–Crippen MR) is 67.8 cm³/mol. The second-order valence-corrected chi connectivity index (χ2v) is 4.38. The quantitative estimate of drug-likeness (QED) is 0.714. The standard InChI is InChI=1S/C10H14N2O2S.ClH/c1-3-14-9(13)8-7(2)12-6-4-5-11-10(12)15-8;/h3-6H2,1-2H3;1H. The number of ether oxygens (including phenoxy) is 1. The number of hydrogen-bond donors (Lipinski definition) is 0. The summed E-state index contributed by atoms with van der Waals surface area (Å²) in [4.78, 5) is 18.8. The van der Waals surface area contributed by atoms with Gasteiger partial charge in [0, 0.05) is 18.8 Å². The molecule has 2 heterocycles. The second kappa shape index (κ2) is 5.59. The molecule has 0 aliphatic carbocycles. The number of carbonyl (C=O) groups is 1. The first-order valence-corrected chi connectivity index (χ1v) is 5.93. The van der Waals surface area contributed by atoms with Crippen LogP contribution in [0.5, 0.6) is 0 Å². The number of allylic oxidation sites excluding steroid dienone is 1. The summed E-state index contributed by atoms with van der Waals surface area (Å²) in [6.07, 6.45) is 1.05. The molecule has 4 nitrogen and oxygen atoms in total. The van der Waals surface area contributed by atoms with Gasteiger partial charge in [0.2, 0.25) is 0 Å². The third kappa shape index (κ3) is 2.35. The number of carbonyl (C=O) groups excluding carboxylic acids is 1. The molecule has 0 bridgehead atoms. The fraction of sp³-hybridized carbons (Fsp3) is 0.600. The van der Waals surface area contributed by atoms with Crippen molar-refractivity contribution in [1.29, 1.82) is 0 Å². The van der Waals surface area contributed by atoms with Gasteiger partial charge >= 0.3 is 5.97 Å². The summed E-state index contributed by atoms with van der Waals surface area (Å²) in [6.45, 7) is 6.01. The second-order valence-electron chi connectivity index (χ2n) is 3.41. The molecule has 0 spiro atoms. The fourth-order valence-electron chi connectivity index (χ4n) is 1.66. The van der Waals surface area contributed by atoms with Gasteiger partial charge in [0.1, 0.15) is 4.91 Å². The third-order valence-electron chi connectivity index (χ3n) is 2.41. The summed E-state index contributed by atoms with van der Waals surface area (Å²) in [5.41, 5.74) is 0.983. The van der Waals surface area contributed by atoms with Crippen LogP contribution < -0.4 is 0 Å². The van der Waals surface area contributed by atoms with Gasteiger partial charge < -0.3 is 9.64 Å². The highest BCUT2D eigenvalue weighted by atomic mass is 35.5. The monoisotopic (exact) mass is 262 g/mol. The predicted octanol–water partition coefficient (Wildman–Crippen LogP) is 2.01. The summed E-state index contributed by atoms with van der Waals surface area (Å²) < 4.78 is 5.00. The summed E-state index contributed by atoms with van der Waals surface area (Å²) in [5, 5.41) is 0.946. The molecule has 16 heavy (non-hydrogen) atoms. The average molecular weight is 263 g/mol. The minimum Gasteiger partial charge on any atom is -0.462 e.